The summed E-state index contributed by atoms with van der Waals surface area (Å²) in [6, 6.07) is 4.93. The number of nitrogens with one attached hydrogen (secondary N) is 2. The number of urea groups is 1. The molecule has 0 fully saturated rings. The Balaban J connectivity index is 1.76. The molecule has 2 amide bonds. The first-order valence-electron chi connectivity index (χ1n) is 6.73. The van der Waals surface area contributed by atoms with E-state index in [0.29, 0.717) is 6.07 Å². The number of hydrogen-bond donors (Lipinski definition) is 2. The standard InChI is InChI=1S/C15H8F5N3OS/c16-8-5-10(17)12-11(6-8)25-14(22-12)23-13(24)21-9-3-1-2-7(4-9)15(18,19)20/h1-6H,(H2,21,22,23,24). The van der Waals surface area contributed by atoms with Crippen molar-refractivity contribution in [1.82, 2.24) is 4.98 Å². The molecule has 0 saturated heterocycles. The van der Waals surface area contributed by atoms with Crippen LogP contribution < -0.4 is 10.6 Å². The maximum Gasteiger partial charge on any atom is 0.416 e. The largest absolute Gasteiger partial charge is 0.416 e. The van der Waals surface area contributed by atoms with Crippen LogP contribution in [0.1, 0.15) is 5.56 Å². The molecule has 25 heavy (non-hydrogen) atoms. The summed E-state index contributed by atoms with van der Waals surface area (Å²) in [5.41, 5.74) is -1.10. The number of anilines is 2. The average Bonchev–Trinajstić information content (AvgIpc) is 2.89. The van der Waals surface area contributed by atoms with Crippen molar-refractivity contribution in [3.05, 3.63) is 53.6 Å². The molecule has 130 valence electrons. The second kappa shape index (κ2) is 6.28. The molecule has 0 bridgehead atoms. The fraction of sp³-hybridized carbons (Fsp3) is 0.0667. The van der Waals surface area contributed by atoms with Gasteiger partial charge in [0.05, 0.1) is 10.3 Å². The highest BCUT2D eigenvalue weighted by Gasteiger charge is 2.30. The Hall–Kier alpha value is -2.75. The van der Waals surface area contributed by atoms with Crippen LogP contribution in [0.4, 0.5) is 37.6 Å². The Kier molecular flexibility index (Phi) is 4.29. The number of aromatic nitrogens is 1. The summed E-state index contributed by atoms with van der Waals surface area (Å²) in [6.07, 6.45) is -4.54. The number of halogens is 5. The fourth-order valence-corrected chi connectivity index (χ4v) is 2.94. The van der Waals surface area contributed by atoms with Crippen LogP contribution in [-0.2, 0) is 6.18 Å². The Labute approximate surface area is 141 Å². The number of alkyl halides is 3. The first-order chi connectivity index (χ1) is 11.7. The third-order valence-electron chi connectivity index (χ3n) is 3.08. The van der Waals surface area contributed by atoms with E-state index in [1.54, 1.807) is 0 Å². The summed E-state index contributed by atoms with van der Waals surface area (Å²) in [4.78, 5) is 15.7. The minimum Gasteiger partial charge on any atom is -0.308 e. The Morgan fingerprint density at radius 3 is 2.56 bits per heavy atom. The SMILES string of the molecule is O=C(Nc1cccc(C(F)(F)F)c1)Nc1nc2c(F)cc(F)cc2s1. The molecule has 0 aliphatic heterocycles. The van der Waals surface area contributed by atoms with Gasteiger partial charge in [-0.3, -0.25) is 5.32 Å². The maximum absolute atomic E-state index is 13.6. The van der Waals surface area contributed by atoms with E-state index in [1.165, 1.54) is 6.07 Å². The summed E-state index contributed by atoms with van der Waals surface area (Å²) in [6.45, 7) is 0. The lowest BCUT2D eigenvalue weighted by atomic mass is 10.2. The van der Waals surface area contributed by atoms with Crippen molar-refractivity contribution >= 4 is 38.4 Å². The fourth-order valence-electron chi connectivity index (χ4n) is 2.04. The highest BCUT2D eigenvalue weighted by atomic mass is 32.1. The van der Waals surface area contributed by atoms with Crippen molar-refractivity contribution in [3.63, 3.8) is 0 Å². The third-order valence-corrected chi connectivity index (χ3v) is 4.00. The lowest BCUT2D eigenvalue weighted by Crippen LogP contribution is -2.19. The predicted octanol–water partition coefficient (Wildman–Crippen LogP) is 5.24. The molecular formula is C15H8F5N3OS. The normalized spacial score (nSPS) is 11.6. The molecule has 4 nitrogen and oxygen atoms in total. The van der Waals surface area contributed by atoms with Gasteiger partial charge in [-0.2, -0.15) is 13.2 Å². The van der Waals surface area contributed by atoms with Crippen LogP contribution in [0.15, 0.2) is 36.4 Å². The molecule has 0 unspecified atom stereocenters. The van der Waals surface area contributed by atoms with Crippen LogP contribution in [0.5, 0.6) is 0 Å². The summed E-state index contributed by atoms with van der Waals surface area (Å²) < 4.78 is 64.8. The van der Waals surface area contributed by atoms with E-state index in [-0.39, 0.29) is 21.0 Å². The quantitative estimate of drug-likeness (QED) is 0.604. The summed E-state index contributed by atoms with van der Waals surface area (Å²) in [5.74, 6) is -1.66. The number of rotatable bonds is 2. The Bertz CT molecular complexity index is 954. The van der Waals surface area contributed by atoms with Gasteiger partial charge in [0.15, 0.2) is 10.9 Å². The lowest BCUT2D eigenvalue weighted by Gasteiger charge is -2.09. The van der Waals surface area contributed by atoms with Gasteiger partial charge in [-0.05, 0) is 24.3 Å². The number of amides is 2. The second-order valence-corrected chi connectivity index (χ2v) is 5.94. The number of fused-ring (bicyclic) bond motifs is 1. The van der Waals surface area contributed by atoms with Gasteiger partial charge in [0.25, 0.3) is 0 Å². The van der Waals surface area contributed by atoms with Crippen molar-refractivity contribution in [2.75, 3.05) is 10.6 Å². The molecule has 0 atom stereocenters. The van der Waals surface area contributed by atoms with Crippen LogP contribution >= 0.6 is 11.3 Å². The molecule has 0 saturated carbocycles. The number of thiazole rings is 1. The van der Waals surface area contributed by atoms with Crippen molar-refractivity contribution in [2.45, 2.75) is 6.18 Å². The van der Waals surface area contributed by atoms with E-state index in [4.69, 9.17) is 0 Å². The summed E-state index contributed by atoms with van der Waals surface area (Å²) in [7, 11) is 0. The number of nitrogens with zero attached hydrogens (tertiary/aromatic N) is 1. The zero-order chi connectivity index (χ0) is 18.2. The summed E-state index contributed by atoms with van der Waals surface area (Å²) >= 11 is 0.829. The Morgan fingerprint density at radius 2 is 1.84 bits per heavy atom. The number of carbonyl (C=O) groups is 1. The van der Waals surface area contributed by atoms with Gasteiger partial charge in [0, 0.05) is 11.8 Å². The molecule has 1 aromatic heterocycles. The first kappa shape index (κ1) is 17.1. The second-order valence-electron chi connectivity index (χ2n) is 4.91. The lowest BCUT2D eigenvalue weighted by molar-refractivity contribution is -0.137. The molecule has 0 aliphatic carbocycles. The van der Waals surface area contributed by atoms with E-state index in [1.807, 2.05) is 0 Å². The van der Waals surface area contributed by atoms with Crippen LogP contribution in [0.25, 0.3) is 10.2 Å². The van der Waals surface area contributed by atoms with Crippen LogP contribution in [-0.4, -0.2) is 11.0 Å². The molecule has 2 aromatic carbocycles. The van der Waals surface area contributed by atoms with Crippen molar-refractivity contribution in [3.8, 4) is 0 Å². The zero-order valence-corrected chi connectivity index (χ0v) is 12.9. The van der Waals surface area contributed by atoms with Crippen molar-refractivity contribution in [1.29, 1.82) is 0 Å². The molecule has 3 rings (SSSR count). The van der Waals surface area contributed by atoms with E-state index in [9.17, 15) is 26.7 Å². The van der Waals surface area contributed by atoms with E-state index < -0.39 is 29.4 Å². The maximum atomic E-state index is 13.6. The third kappa shape index (κ3) is 3.85. The number of carbonyl (C=O) groups excluding carboxylic acids is 1. The molecule has 0 spiro atoms. The summed E-state index contributed by atoms with van der Waals surface area (Å²) in [5, 5.41) is 4.47. The molecule has 0 radical (unpaired) electrons. The van der Waals surface area contributed by atoms with Gasteiger partial charge in [-0.15, -0.1) is 0 Å². The minimum atomic E-state index is -4.54. The van der Waals surface area contributed by atoms with Gasteiger partial charge >= 0.3 is 12.2 Å². The molecule has 1 heterocycles. The van der Waals surface area contributed by atoms with Gasteiger partial charge in [-0.25, -0.2) is 18.6 Å². The Morgan fingerprint density at radius 1 is 1.08 bits per heavy atom. The predicted molar refractivity (Wildman–Crippen MR) is 83.6 cm³/mol. The van der Waals surface area contributed by atoms with Gasteiger partial charge in [0.1, 0.15) is 11.3 Å². The van der Waals surface area contributed by atoms with E-state index in [0.717, 1.165) is 35.6 Å². The zero-order valence-electron chi connectivity index (χ0n) is 12.1. The number of benzene rings is 2. The molecule has 2 N–H and O–H groups in total. The van der Waals surface area contributed by atoms with E-state index >= 15 is 0 Å². The van der Waals surface area contributed by atoms with Crippen LogP contribution in [0.3, 0.4) is 0 Å². The smallest absolute Gasteiger partial charge is 0.308 e. The minimum absolute atomic E-state index is 0.0241. The molecule has 3 aromatic rings. The molecular weight excluding hydrogens is 365 g/mol. The van der Waals surface area contributed by atoms with Gasteiger partial charge in [-0.1, -0.05) is 17.4 Å². The molecule has 0 aliphatic rings. The highest BCUT2D eigenvalue weighted by Crippen LogP contribution is 2.31. The average molecular weight is 373 g/mol. The topological polar surface area (TPSA) is 54.0 Å². The first-order valence-corrected chi connectivity index (χ1v) is 7.55. The van der Waals surface area contributed by atoms with Gasteiger partial charge in [0.2, 0.25) is 0 Å². The number of hydrogen-bond acceptors (Lipinski definition) is 3. The van der Waals surface area contributed by atoms with Crippen LogP contribution in [0, 0.1) is 11.6 Å². The molecule has 10 heteroatoms. The van der Waals surface area contributed by atoms with Crippen LogP contribution in [0.2, 0.25) is 0 Å². The van der Waals surface area contributed by atoms with Crippen molar-refractivity contribution < 1.29 is 26.7 Å². The monoisotopic (exact) mass is 373 g/mol. The van der Waals surface area contributed by atoms with Gasteiger partial charge < -0.3 is 5.32 Å². The van der Waals surface area contributed by atoms with E-state index in [2.05, 4.69) is 15.6 Å². The highest BCUT2D eigenvalue weighted by molar-refractivity contribution is 7.22. The van der Waals surface area contributed by atoms with Crippen molar-refractivity contribution in [2.24, 2.45) is 0 Å².